The smallest absolute Gasteiger partial charge is 0.238 e. The van der Waals surface area contributed by atoms with Gasteiger partial charge in [0.05, 0.1) is 5.52 Å². The summed E-state index contributed by atoms with van der Waals surface area (Å²) in [5, 5.41) is 10.9. The Hall–Kier alpha value is -3.31. The first-order valence-corrected chi connectivity index (χ1v) is 9.14. The van der Waals surface area contributed by atoms with Crippen LogP contribution >= 0.6 is 0 Å². The highest BCUT2D eigenvalue weighted by atomic mass is 32.2. The van der Waals surface area contributed by atoms with Crippen LogP contribution in [-0.2, 0) is 10.3 Å². The molecule has 2 N–H and O–H groups in total. The van der Waals surface area contributed by atoms with Crippen molar-refractivity contribution < 1.29 is 13.5 Å². The second-order valence-corrected chi connectivity index (χ2v) is 6.83. The first kappa shape index (κ1) is 16.2. The zero-order valence-electron chi connectivity index (χ0n) is 13.7. The molecule has 0 aliphatic heterocycles. The number of hydrogen-bond donors (Lipinski definition) is 2. The second-order valence-electron chi connectivity index (χ2n) is 5.93. The average Bonchev–Trinajstić information content (AvgIpc) is 2.69. The second kappa shape index (κ2) is 6.54. The van der Waals surface area contributed by atoms with Crippen LogP contribution in [0.3, 0.4) is 0 Å². The fraction of sp³-hybridized carbons (Fsp3) is 0. The van der Waals surface area contributed by atoms with Gasteiger partial charge >= 0.3 is 0 Å². The Morgan fingerprint density at radius 1 is 0.731 bits per heavy atom. The molecular formula is C21H15NO3S. The minimum absolute atomic E-state index is 0.00950. The molecule has 0 aliphatic carbocycles. The summed E-state index contributed by atoms with van der Waals surface area (Å²) in [6.45, 7) is 0. The molecule has 0 saturated heterocycles. The number of nitrogens with one attached hydrogen (secondary N) is 1. The lowest BCUT2D eigenvalue weighted by atomic mass is 9.96. The quantitative estimate of drug-likeness (QED) is 0.512. The summed E-state index contributed by atoms with van der Waals surface area (Å²) < 4.78 is 22.4. The first-order chi connectivity index (χ1) is 12.6. The third-order valence-corrected chi connectivity index (χ3v) is 4.93. The highest BCUT2D eigenvalue weighted by molar-refractivity contribution is 7.63. The number of aromatic hydroxyl groups is 1. The minimum atomic E-state index is -2.39. The third-order valence-electron chi connectivity index (χ3n) is 4.33. The van der Waals surface area contributed by atoms with Gasteiger partial charge in [0.1, 0.15) is 5.75 Å². The summed E-state index contributed by atoms with van der Waals surface area (Å²) in [4.78, 5) is 2.79. The van der Waals surface area contributed by atoms with Gasteiger partial charge in [-0.2, -0.15) is 8.42 Å². The third kappa shape index (κ3) is 2.89. The van der Waals surface area contributed by atoms with E-state index in [0.29, 0.717) is 5.52 Å². The van der Waals surface area contributed by atoms with E-state index >= 15 is 0 Å². The van der Waals surface area contributed by atoms with Crippen molar-refractivity contribution in [2.24, 2.45) is 0 Å². The molecule has 0 saturated carbocycles. The summed E-state index contributed by atoms with van der Waals surface area (Å²) in [5.41, 5.74) is 4.50. The molecule has 1 aromatic heterocycles. The number of benzene rings is 3. The van der Waals surface area contributed by atoms with Gasteiger partial charge in [-0.15, -0.1) is 0 Å². The molecule has 0 unspecified atom stereocenters. The van der Waals surface area contributed by atoms with Crippen LogP contribution in [-0.4, -0.2) is 18.5 Å². The summed E-state index contributed by atoms with van der Waals surface area (Å²) in [6, 6.07) is 24.8. The predicted octanol–water partition coefficient (Wildman–Crippen LogP) is 4.62. The Bertz CT molecular complexity index is 1280. The van der Waals surface area contributed by atoms with Gasteiger partial charge < -0.3 is 10.1 Å². The molecule has 0 aliphatic rings. The number of aromatic nitrogens is 1. The van der Waals surface area contributed by atoms with Gasteiger partial charge in [0, 0.05) is 5.39 Å². The Balaban J connectivity index is 1.96. The van der Waals surface area contributed by atoms with Crippen molar-refractivity contribution in [3.63, 3.8) is 0 Å². The summed E-state index contributed by atoms with van der Waals surface area (Å²) in [7, 11) is -2.39. The van der Waals surface area contributed by atoms with E-state index in [1.54, 1.807) is 12.1 Å². The topological polar surface area (TPSA) is 70.2 Å². The first-order valence-electron chi connectivity index (χ1n) is 8.06. The van der Waals surface area contributed by atoms with Crippen LogP contribution in [0.15, 0.2) is 78.9 Å². The number of rotatable bonds is 2. The van der Waals surface area contributed by atoms with Gasteiger partial charge in [0.25, 0.3) is 0 Å². The fourth-order valence-electron chi connectivity index (χ4n) is 3.08. The van der Waals surface area contributed by atoms with Crippen molar-refractivity contribution in [2.75, 3.05) is 0 Å². The Morgan fingerprint density at radius 2 is 1.46 bits per heavy atom. The highest BCUT2D eigenvalue weighted by Gasteiger charge is 2.09. The number of phenols is 1. The largest absolute Gasteiger partial charge is 0.506 e. The van der Waals surface area contributed by atoms with Crippen molar-refractivity contribution in [1.82, 2.24) is 4.98 Å². The van der Waals surface area contributed by atoms with Gasteiger partial charge in [0.15, 0.2) is 4.64 Å². The molecular weight excluding hydrogens is 346 g/mol. The highest BCUT2D eigenvalue weighted by Crippen LogP contribution is 2.34. The lowest BCUT2D eigenvalue weighted by Gasteiger charge is -2.10. The molecule has 128 valence electrons. The molecule has 0 spiro atoms. The zero-order chi connectivity index (χ0) is 18.1. The molecule has 0 amide bonds. The van der Waals surface area contributed by atoms with Crippen molar-refractivity contribution >= 4 is 21.2 Å². The SMILES string of the molecule is O=S(=O)=c1ccc2c(-c3cccc(-c4ccccc4)c3)ccc(O)c2[nH]1. The van der Waals surface area contributed by atoms with E-state index in [1.807, 2.05) is 42.5 Å². The van der Waals surface area contributed by atoms with E-state index in [2.05, 4.69) is 23.2 Å². The Kier molecular flexibility index (Phi) is 4.07. The van der Waals surface area contributed by atoms with E-state index < -0.39 is 10.3 Å². The van der Waals surface area contributed by atoms with Crippen LogP contribution < -0.4 is 0 Å². The summed E-state index contributed by atoms with van der Waals surface area (Å²) in [6.07, 6.45) is 0. The molecule has 4 aromatic rings. The number of H-pyrrole nitrogens is 1. The van der Waals surface area contributed by atoms with E-state index in [9.17, 15) is 13.5 Å². The van der Waals surface area contributed by atoms with Crippen molar-refractivity contribution in [1.29, 1.82) is 0 Å². The maximum absolute atomic E-state index is 11.2. The predicted molar refractivity (Wildman–Crippen MR) is 103 cm³/mol. The molecule has 5 heteroatoms. The fourth-order valence-corrected chi connectivity index (χ4v) is 3.45. The average molecular weight is 361 g/mol. The monoisotopic (exact) mass is 361 g/mol. The Labute approximate surface area is 151 Å². The number of fused-ring (bicyclic) bond motifs is 1. The Morgan fingerprint density at radius 3 is 2.23 bits per heavy atom. The van der Waals surface area contributed by atoms with E-state index in [0.717, 1.165) is 27.6 Å². The molecule has 0 radical (unpaired) electrons. The molecule has 3 aromatic carbocycles. The normalized spacial score (nSPS) is 10.8. The maximum Gasteiger partial charge on any atom is 0.238 e. The number of hydrogen-bond acceptors (Lipinski definition) is 3. The van der Waals surface area contributed by atoms with Crippen LogP contribution in [0.5, 0.6) is 5.75 Å². The van der Waals surface area contributed by atoms with Gasteiger partial charge in [-0.3, -0.25) is 0 Å². The molecule has 26 heavy (non-hydrogen) atoms. The van der Waals surface area contributed by atoms with Gasteiger partial charge in [-0.05, 0) is 52.6 Å². The zero-order valence-corrected chi connectivity index (χ0v) is 14.5. The number of aromatic amines is 1. The van der Waals surface area contributed by atoms with Gasteiger partial charge in [-0.1, -0.05) is 48.5 Å². The lowest BCUT2D eigenvalue weighted by molar-refractivity contribution is 0.480. The van der Waals surface area contributed by atoms with Crippen LogP contribution in [0.4, 0.5) is 0 Å². The molecule has 0 bridgehead atoms. The van der Waals surface area contributed by atoms with Crippen molar-refractivity contribution in [2.45, 2.75) is 0 Å². The van der Waals surface area contributed by atoms with Crippen LogP contribution in [0.25, 0.3) is 33.2 Å². The lowest BCUT2D eigenvalue weighted by Crippen LogP contribution is -1.87. The number of phenolic OH excluding ortho intramolecular Hbond substituents is 1. The van der Waals surface area contributed by atoms with Crippen LogP contribution in [0.1, 0.15) is 0 Å². The standard InChI is InChI=1S/C21H15NO3S/c23-19-11-9-17(18-10-12-20(26(24)25)22-21(18)19)16-8-4-7-15(13-16)14-5-2-1-3-6-14/h1-13,22-23H. The van der Waals surface area contributed by atoms with Crippen molar-refractivity contribution in [3.05, 3.63) is 83.5 Å². The number of pyridine rings is 1. The van der Waals surface area contributed by atoms with Crippen LogP contribution in [0.2, 0.25) is 0 Å². The van der Waals surface area contributed by atoms with Gasteiger partial charge in [-0.25, -0.2) is 0 Å². The van der Waals surface area contributed by atoms with Gasteiger partial charge in [0.2, 0.25) is 10.3 Å². The van der Waals surface area contributed by atoms with E-state index in [4.69, 9.17) is 0 Å². The van der Waals surface area contributed by atoms with Crippen molar-refractivity contribution in [3.8, 4) is 28.0 Å². The molecule has 4 rings (SSSR count). The maximum atomic E-state index is 11.2. The van der Waals surface area contributed by atoms with E-state index in [1.165, 1.54) is 6.07 Å². The summed E-state index contributed by atoms with van der Waals surface area (Å²) in [5.74, 6) is 0.00950. The molecule has 0 fully saturated rings. The van der Waals surface area contributed by atoms with Crippen LogP contribution in [0, 0.1) is 4.64 Å². The molecule has 1 heterocycles. The van der Waals surface area contributed by atoms with E-state index in [-0.39, 0.29) is 10.4 Å². The molecule has 4 nitrogen and oxygen atoms in total. The minimum Gasteiger partial charge on any atom is -0.506 e. The summed E-state index contributed by atoms with van der Waals surface area (Å²) >= 11 is 0. The molecule has 0 atom stereocenters.